The predicted molar refractivity (Wildman–Crippen MR) is 114 cm³/mol. The Hall–Kier alpha value is -3.07. The molecule has 1 saturated heterocycles. The zero-order chi connectivity index (χ0) is 20.8. The molecule has 1 aliphatic heterocycles. The van der Waals surface area contributed by atoms with Gasteiger partial charge < -0.3 is 15.1 Å². The molecule has 0 aromatic heterocycles. The Balaban J connectivity index is 1.73. The summed E-state index contributed by atoms with van der Waals surface area (Å²) in [7, 11) is 0. The maximum atomic E-state index is 14.0. The summed E-state index contributed by atoms with van der Waals surface area (Å²) >= 11 is 0. The van der Waals surface area contributed by atoms with Gasteiger partial charge in [0.05, 0.1) is 22.9 Å². The van der Waals surface area contributed by atoms with Gasteiger partial charge in [-0.25, -0.2) is 4.39 Å². The molecule has 0 aliphatic carbocycles. The van der Waals surface area contributed by atoms with E-state index >= 15 is 0 Å². The van der Waals surface area contributed by atoms with E-state index in [1.165, 1.54) is 6.07 Å². The molecule has 1 N–H and O–H groups in total. The summed E-state index contributed by atoms with van der Waals surface area (Å²) in [5.74, 6) is -0.267. The second kappa shape index (κ2) is 9.42. The number of halogens is 1. The number of anilines is 2. The number of hydrogen-bond donors (Lipinski definition) is 1. The molecule has 5 nitrogen and oxygen atoms in total. The molecular weight excluding hydrogens is 367 g/mol. The van der Waals surface area contributed by atoms with Crippen molar-refractivity contribution < 1.29 is 9.18 Å². The van der Waals surface area contributed by atoms with E-state index in [4.69, 9.17) is 0 Å². The van der Waals surface area contributed by atoms with Crippen molar-refractivity contribution in [2.24, 2.45) is 0 Å². The first-order valence-corrected chi connectivity index (χ1v) is 10.2. The Bertz CT molecular complexity index is 896. The number of carbonyl (C=O) groups is 1. The van der Waals surface area contributed by atoms with Crippen molar-refractivity contribution in [1.82, 2.24) is 4.90 Å². The molecule has 3 rings (SSSR count). The first kappa shape index (κ1) is 20.7. The first-order valence-electron chi connectivity index (χ1n) is 10.2. The number of amides is 1. The lowest BCUT2D eigenvalue weighted by molar-refractivity contribution is 0.0774. The summed E-state index contributed by atoms with van der Waals surface area (Å²) < 4.78 is 14.0. The van der Waals surface area contributed by atoms with Gasteiger partial charge >= 0.3 is 0 Å². The van der Waals surface area contributed by atoms with E-state index in [1.807, 2.05) is 32.0 Å². The lowest BCUT2D eigenvalue weighted by atomic mass is 10.0. The van der Waals surface area contributed by atoms with Crippen molar-refractivity contribution in [2.75, 3.05) is 36.4 Å². The van der Waals surface area contributed by atoms with E-state index in [0.29, 0.717) is 29.9 Å². The first-order chi connectivity index (χ1) is 14.1. The molecule has 0 saturated carbocycles. The topological polar surface area (TPSA) is 59.4 Å². The SMILES string of the molecule is CCN(CC)C(=O)c1cc(C#N)ccc1NC1CCN(c2ccccc2F)CC1. The third-order valence-corrected chi connectivity index (χ3v) is 5.48. The number of hydrogen-bond acceptors (Lipinski definition) is 4. The largest absolute Gasteiger partial charge is 0.382 e. The highest BCUT2D eigenvalue weighted by molar-refractivity contribution is 6.00. The normalized spacial score (nSPS) is 14.3. The van der Waals surface area contributed by atoms with E-state index in [0.717, 1.165) is 31.6 Å². The lowest BCUT2D eigenvalue weighted by Gasteiger charge is -2.35. The molecule has 2 aromatic rings. The lowest BCUT2D eigenvalue weighted by Crippen LogP contribution is -2.40. The van der Waals surface area contributed by atoms with Crippen molar-refractivity contribution >= 4 is 17.3 Å². The van der Waals surface area contributed by atoms with Crippen LogP contribution in [0, 0.1) is 17.1 Å². The molecule has 0 atom stereocenters. The van der Waals surface area contributed by atoms with E-state index in [-0.39, 0.29) is 17.8 Å². The van der Waals surface area contributed by atoms with E-state index in [1.54, 1.807) is 23.1 Å². The minimum atomic E-state index is -0.196. The Morgan fingerprint density at radius 1 is 1.21 bits per heavy atom. The van der Waals surface area contributed by atoms with Gasteiger partial charge in [-0.05, 0) is 57.0 Å². The van der Waals surface area contributed by atoms with Crippen LogP contribution in [0.4, 0.5) is 15.8 Å². The zero-order valence-electron chi connectivity index (χ0n) is 17.0. The van der Waals surface area contributed by atoms with Crippen LogP contribution in [0.5, 0.6) is 0 Å². The molecule has 0 unspecified atom stereocenters. The number of nitrogens with one attached hydrogen (secondary N) is 1. The highest BCUT2D eigenvalue weighted by Gasteiger charge is 2.23. The number of rotatable bonds is 6. The maximum absolute atomic E-state index is 14.0. The van der Waals surface area contributed by atoms with Crippen LogP contribution in [0.25, 0.3) is 0 Å². The van der Waals surface area contributed by atoms with Gasteiger partial charge in [-0.2, -0.15) is 5.26 Å². The van der Waals surface area contributed by atoms with Gasteiger partial charge in [0.1, 0.15) is 5.82 Å². The smallest absolute Gasteiger partial charge is 0.255 e. The van der Waals surface area contributed by atoms with Crippen LogP contribution in [0.15, 0.2) is 42.5 Å². The number of para-hydroxylation sites is 1. The minimum Gasteiger partial charge on any atom is -0.382 e. The monoisotopic (exact) mass is 394 g/mol. The molecule has 1 heterocycles. The van der Waals surface area contributed by atoms with Crippen LogP contribution in [0.1, 0.15) is 42.6 Å². The summed E-state index contributed by atoms with van der Waals surface area (Å²) in [6.45, 7) is 6.61. The standard InChI is InChI=1S/C23H27FN4O/c1-3-27(4-2)23(29)19-15-17(16-25)9-10-21(19)26-18-11-13-28(14-12-18)22-8-6-5-7-20(22)24/h5-10,15,18,26H,3-4,11-14H2,1-2H3. The van der Waals surface area contributed by atoms with Gasteiger partial charge in [-0.1, -0.05) is 12.1 Å². The molecular formula is C23H27FN4O. The molecule has 1 amide bonds. The maximum Gasteiger partial charge on any atom is 0.255 e. The number of piperidine rings is 1. The Morgan fingerprint density at radius 3 is 2.52 bits per heavy atom. The summed E-state index contributed by atoms with van der Waals surface area (Å²) in [6, 6.07) is 14.4. The average Bonchev–Trinajstić information content (AvgIpc) is 2.76. The van der Waals surface area contributed by atoms with Gasteiger partial charge in [0.2, 0.25) is 0 Å². The fourth-order valence-electron chi connectivity index (χ4n) is 3.79. The van der Waals surface area contributed by atoms with Crippen LogP contribution < -0.4 is 10.2 Å². The fourth-order valence-corrected chi connectivity index (χ4v) is 3.79. The zero-order valence-corrected chi connectivity index (χ0v) is 17.0. The Labute approximate surface area is 171 Å². The number of nitrogens with zero attached hydrogens (tertiary/aromatic N) is 3. The second-order valence-corrected chi connectivity index (χ2v) is 7.21. The van der Waals surface area contributed by atoms with Crippen LogP contribution >= 0.6 is 0 Å². The molecule has 0 radical (unpaired) electrons. The molecule has 29 heavy (non-hydrogen) atoms. The minimum absolute atomic E-state index is 0.0709. The number of nitriles is 1. The summed E-state index contributed by atoms with van der Waals surface area (Å²) in [4.78, 5) is 16.8. The van der Waals surface area contributed by atoms with Crippen LogP contribution in [0.2, 0.25) is 0 Å². The number of carbonyl (C=O) groups excluding carboxylic acids is 1. The average molecular weight is 394 g/mol. The third kappa shape index (κ3) is 4.68. The third-order valence-electron chi connectivity index (χ3n) is 5.48. The summed E-state index contributed by atoms with van der Waals surface area (Å²) in [5.41, 5.74) is 2.40. The molecule has 0 spiro atoms. The van der Waals surface area contributed by atoms with Gasteiger partial charge in [-0.15, -0.1) is 0 Å². The molecule has 6 heteroatoms. The van der Waals surface area contributed by atoms with Gasteiger partial charge in [-0.3, -0.25) is 4.79 Å². The van der Waals surface area contributed by atoms with Crippen molar-refractivity contribution in [3.63, 3.8) is 0 Å². The van der Waals surface area contributed by atoms with Crippen molar-refractivity contribution in [1.29, 1.82) is 5.26 Å². The molecule has 1 fully saturated rings. The van der Waals surface area contributed by atoms with Crippen molar-refractivity contribution in [2.45, 2.75) is 32.7 Å². The van der Waals surface area contributed by atoms with Crippen LogP contribution in [-0.2, 0) is 0 Å². The highest BCUT2D eigenvalue weighted by atomic mass is 19.1. The van der Waals surface area contributed by atoms with E-state index in [2.05, 4.69) is 16.3 Å². The Morgan fingerprint density at radius 2 is 1.90 bits per heavy atom. The van der Waals surface area contributed by atoms with Crippen molar-refractivity contribution in [3.05, 3.63) is 59.4 Å². The summed E-state index contributed by atoms with van der Waals surface area (Å²) in [6.07, 6.45) is 1.68. The fraction of sp³-hybridized carbons (Fsp3) is 0.391. The highest BCUT2D eigenvalue weighted by Crippen LogP contribution is 2.26. The van der Waals surface area contributed by atoms with Gasteiger partial charge in [0.25, 0.3) is 5.91 Å². The van der Waals surface area contributed by atoms with Crippen LogP contribution in [0.3, 0.4) is 0 Å². The summed E-state index contributed by atoms with van der Waals surface area (Å²) in [5, 5.41) is 12.7. The van der Waals surface area contributed by atoms with Gasteiger partial charge in [0, 0.05) is 37.9 Å². The molecule has 152 valence electrons. The van der Waals surface area contributed by atoms with E-state index in [9.17, 15) is 14.4 Å². The quantitative estimate of drug-likeness (QED) is 0.795. The number of benzene rings is 2. The van der Waals surface area contributed by atoms with Gasteiger partial charge in [0.15, 0.2) is 0 Å². The van der Waals surface area contributed by atoms with Crippen molar-refractivity contribution in [3.8, 4) is 6.07 Å². The molecule has 1 aliphatic rings. The molecule has 0 bridgehead atoms. The molecule has 2 aromatic carbocycles. The van der Waals surface area contributed by atoms with E-state index < -0.39 is 0 Å². The Kier molecular flexibility index (Phi) is 6.71. The predicted octanol–water partition coefficient (Wildman–Crippen LogP) is 4.26. The van der Waals surface area contributed by atoms with Crippen LogP contribution in [-0.4, -0.2) is 43.0 Å². The second-order valence-electron chi connectivity index (χ2n) is 7.21.